The fourth-order valence-corrected chi connectivity index (χ4v) is 5.46. The lowest BCUT2D eigenvalue weighted by Gasteiger charge is -2.41. The van der Waals surface area contributed by atoms with Gasteiger partial charge in [-0.2, -0.15) is 10.6 Å². The van der Waals surface area contributed by atoms with Gasteiger partial charge in [-0.05, 0) is 43.2 Å². The summed E-state index contributed by atoms with van der Waals surface area (Å²) in [5.41, 5.74) is 8.50. The summed E-state index contributed by atoms with van der Waals surface area (Å²) < 4.78 is 19.3. The number of hydrogen-bond donors (Lipinski definition) is 2. The number of anilines is 1. The summed E-state index contributed by atoms with van der Waals surface area (Å²) in [5.74, 6) is 0. The number of hydroxylamine groups is 1. The van der Waals surface area contributed by atoms with Crippen molar-refractivity contribution >= 4 is 22.4 Å². The minimum Gasteiger partial charge on any atom is -0.364 e. The minimum atomic E-state index is -1.98. The van der Waals surface area contributed by atoms with Crippen molar-refractivity contribution in [3.63, 3.8) is 0 Å². The molecule has 2 N–H and O–H groups in total. The highest BCUT2D eigenvalue weighted by molar-refractivity contribution is 7.80. The van der Waals surface area contributed by atoms with E-state index in [1.165, 1.54) is 5.69 Å². The van der Waals surface area contributed by atoms with Gasteiger partial charge in [-0.3, -0.25) is 0 Å². The van der Waals surface area contributed by atoms with Gasteiger partial charge < -0.3 is 10.2 Å². The van der Waals surface area contributed by atoms with Crippen LogP contribution in [0.1, 0.15) is 20.8 Å². The zero-order chi connectivity index (χ0) is 24.4. The van der Waals surface area contributed by atoms with Gasteiger partial charge in [0.25, 0.3) is 11.1 Å². The van der Waals surface area contributed by atoms with Crippen molar-refractivity contribution in [1.82, 2.24) is 25.4 Å². The molecule has 4 aromatic rings. The summed E-state index contributed by atoms with van der Waals surface area (Å²) >= 11 is -1.98. The van der Waals surface area contributed by atoms with E-state index in [0.717, 1.165) is 41.0 Å². The summed E-state index contributed by atoms with van der Waals surface area (Å²) in [4.78, 5) is 7.81. The van der Waals surface area contributed by atoms with Crippen molar-refractivity contribution in [3.8, 4) is 22.3 Å². The third-order valence-corrected chi connectivity index (χ3v) is 7.34. The van der Waals surface area contributed by atoms with Crippen molar-refractivity contribution < 1.29 is 8.49 Å². The Kier molecular flexibility index (Phi) is 6.92. The average Bonchev–Trinajstić information content (AvgIpc) is 3.31. The lowest BCUT2D eigenvalue weighted by molar-refractivity contribution is 0.225. The number of rotatable bonds is 7. The Balaban J connectivity index is 1.40. The predicted octanol–water partition coefficient (Wildman–Crippen LogP) is 3.76. The molecule has 0 spiro atoms. The maximum Gasteiger partial charge on any atom is 0.260 e. The summed E-state index contributed by atoms with van der Waals surface area (Å²) in [6.07, 6.45) is 5.67. The van der Waals surface area contributed by atoms with Gasteiger partial charge in [-0.1, -0.05) is 39.7 Å². The fraction of sp³-hybridized carbons (Fsp3) is 0.308. The van der Waals surface area contributed by atoms with Crippen molar-refractivity contribution in [2.24, 2.45) is 0 Å². The van der Waals surface area contributed by atoms with E-state index in [1.807, 2.05) is 37.5 Å². The molecule has 3 atom stereocenters. The molecule has 1 unspecified atom stereocenters. The van der Waals surface area contributed by atoms with Crippen LogP contribution in [0, 0.1) is 0 Å². The van der Waals surface area contributed by atoms with Crippen molar-refractivity contribution in [1.29, 1.82) is 0 Å². The molecule has 1 fully saturated rings. The lowest BCUT2D eigenvalue weighted by Crippen LogP contribution is -2.55. The van der Waals surface area contributed by atoms with E-state index in [4.69, 9.17) is 9.27 Å². The number of nitrogens with one attached hydrogen (secondary N) is 2. The van der Waals surface area contributed by atoms with E-state index in [-0.39, 0.29) is 0 Å². The SMILES string of the molecule is CCNO[SH+](=O)c1cccc(-c2cnn3cc(-c4ccc(N5[C@H](C)CNC[C@@H]5C)cc4)cnc23)c1. The molecule has 2 aromatic heterocycles. The van der Waals surface area contributed by atoms with Gasteiger partial charge >= 0.3 is 0 Å². The first-order valence-corrected chi connectivity index (χ1v) is 13.1. The first kappa shape index (κ1) is 23.6. The molecular formula is C26H31N6O2S+. The van der Waals surface area contributed by atoms with E-state index in [0.29, 0.717) is 23.5 Å². The number of benzene rings is 2. The second-order valence-electron chi connectivity index (χ2n) is 8.88. The standard InChI is InChI=1S/C26H30N6O2S/c1-4-30-34-35(33)24-7-5-6-21(12-24)25-16-29-31-17-22(15-28-26(25)31)20-8-10-23(11-9-20)32-18(2)13-27-14-19(32)3/h5-12,15-19,27,30H,4,13-14H2,1-3H3/p+1/t18-,19+,35?. The van der Waals surface area contributed by atoms with E-state index < -0.39 is 11.1 Å². The maximum absolute atomic E-state index is 12.4. The van der Waals surface area contributed by atoms with Crippen LogP contribution in [0.5, 0.6) is 0 Å². The third-order valence-electron chi connectivity index (χ3n) is 6.34. The lowest BCUT2D eigenvalue weighted by atomic mass is 10.0. The van der Waals surface area contributed by atoms with Crippen LogP contribution in [-0.2, 0) is 19.6 Å². The first-order valence-electron chi connectivity index (χ1n) is 12.0. The molecule has 1 saturated heterocycles. The molecule has 0 amide bonds. The normalized spacial score (nSPS) is 19.2. The highest BCUT2D eigenvalue weighted by Gasteiger charge is 2.24. The third kappa shape index (κ3) is 4.85. The molecule has 9 heteroatoms. The summed E-state index contributed by atoms with van der Waals surface area (Å²) in [5, 5.41) is 8.02. The van der Waals surface area contributed by atoms with Crippen LogP contribution in [0.4, 0.5) is 5.69 Å². The molecule has 5 rings (SSSR count). The summed E-state index contributed by atoms with van der Waals surface area (Å²) in [7, 11) is 0. The zero-order valence-corrected chi connectivity index (χ0v) is 21.1. The summed E-state index contributed by atoms with van der Waals surface area (Å²) in [6.45, 7) is 8.98. The van der Waals surface area contributed by atoms with Crippen LogP contribution in [0.3, 0.4) is 0 Å². The van der Waals surface area contributed by atoms with Gasteiger partial charge in [0.1, 0.15) is 0 Å². The minimum absolute atomic E-state index is 0.455. The topological polar surface area (TPSA) is 83.8 Å². The van der Waals surface area contributed by atoms with Gasteiger partial charge in [-0.15, -0.1) is 0 Å². The Morgan fingerprint density at radius 2 is 1.83 bits per heavy atom. The van der Waals surface area contributed by atoms with Gasteiger partial charge in [0.15, 0.2) is 10.5 Å². The van der Waals surface area contributed by atoms with Crippen molar-refractivity contribution in [3.05, 3.63) is 67.1 Å². The predicted molar refractivity (Wildman–Crippen MR) is 141 cm³/mol. The van der Waals surface area contributed by atoms with E-state index in [2.05, 4.69) is 58.9 Å². The van der Waals surface area contributed by atoms with Crippen molar-refractivity contribution in [2.75, 3.05) is 24.5 Å². The van der Waals surface area contributed by atoms with E-state index in [9.17, 15) is 4.21 Å². The average molecular weight is 492 g/mol. The van der Waals surface area contributed by atoms with E-state index >= 15 is 0 Å². The molecule has 8 nitrogen and oxygen atoms in total. The molecule has 0 aliphatic carbocycles. The molecular weight excluding hydrogens is 460 g/mol. The Labute approximate surface area is 207 Å². The molecule has 3 heterocycles. The molecule has 1 aliphatic rings. The Morgan fingerprint density at radius 3 is 2.57 bits per heavy atom. The molecule has 0 radical (unpaired) electrons. The Hall–Kier alpha value is -3.11. The second-order valence-corrected chi connectivity index (χ2v) is 10.1. The second kappa shape index (κ2) is 10.2. The molecule has 1 aliphatic heterocycles. The fourth-order valence-electron chi connectivity index (χ4n) is 4.66. The van der Waals surface area contributed by atoms with Crippen molar-refractivity contribution in [2.45, 2.75) is 37.8 Å². The number of piperazine rings is 1. The van der Waals surface area contributed by atoms with Crippen LogP contribution >= 0.6 is 0 Å². The number of hydrogen-bond acceptors (Lipinski definition) is 7. The molecule has 35 heavy (non-hydrogen) atoms. The monoisotopic (exact) mass is 491 g/mol. The Morgan fingerprint density at radius 1 is 1.06 bits per heavy atom. The largest absolute Gasteiger partial charge is 0.364 e. The van der Waals surface area contributed by atoms with Gasteiger partial charge in [0.2, 0.25) is 0 Å². The number of aromatic nitrogens is 3. The van der Waals surface area contributed by atoms with Gasteiger partial charge in [0, 0.05) is 67.0 Å². The number of nitrogens with zero attached hydrogens (tertiary/aromatic N) is 4. The van der Waals surface area contributed by atoms with Crippen LogP contribution in [0.15, 0.2) is 72.0 Å². The van der Waals surface area contributed by atoms with Gasteiger partial charge in [-0.25, -0.2) is 9.50 Å². The molecule has 0 saturated carbocycles. The molecule has 2 aromatic carbocycles. The summed E-state index contributed by atoms with van der Waals surface area (Å²) in [6, 6.07) is 17.1. The molecule has 182 valence electrons. The highest BCUT2D eigenvalue weighted by Crippen LogP contribution is 2.29. The van der Waals surface area contributed by atoms with Crippen LogP contribution < -0.4 is 15.7 Å². The smallest absolute Gasteiger partial charge is 0.260 e. The quantitative estimate of drug-likeness (QED) is 0.231. The molecule has 0 bridgehead atoms. The first-order chi connectivity index (χ1) is 17.0. The number of thiol groups is 1. The van der Waals surface area contributed by atoms with E-state index in [1.54, 1.807) is 16.8 Å². The zero-order valence-electron chi connectivity index (χ0n) is 20.2. The Bertz CT molecular complexity index is 1330. The number of fused-ring (bicyclic) bond motifs is 1. The van der Waals surface area contributed by atoms with Gasteiger partial charge in [0.05, 0.1) is 6.20 Å². The maximum atomic E-state index is 12.4. The van der Waals surface area contributed by atoms with Crippen LogP contribution in [0.2, 0.25) is 0 Å². The van der Waals surface area contributed by atoms with Crippen LogP contribution in [-0.4, -0.2) is 46.3 Å². The highest BCUT2D eigenvalue weighted by atomic mass is 32.2. The van der Waals surface area contributed by atoms with Crippen LogP contribution in [0.25, 0.3) is 27.9 Å².